The zero-order valence-corrected chi connectivity index (χ0v) is 16.6. The van der Waals surface area contributed by atoms with E-state index in [2.05, 4.69) is 6.92 Å². The first-order valence-electron chi connectivity index (χ1n) is 10.4. The molecule has 0 aliphatic heterocycles. The van der Waals surface area contributed by atoms with Crippen molar-refractivity contribution in [3.8, 4) is 0 Å². The number of hydrogen-bond donors (Lipinski definition) is 2. The van der Waals surface area contributed by atoms with E-state index in [1.807, 2.05) is 0 Å². The Morgan fingerprint density at radius 2 is 1.78 bits per heavy atom. The van der Waals surface area contributed by atoms with Gasteiger partial charge in [0.05, 0.1) is 0 Å². The molecular weight excluding hydrogens is 349 g/mol. The molecule has 1 aromatic heterocycles. The van der Waals surface area contributed by atoms with Crippen LogP contribution in [0.15, 0.2) is 18.3 Å². The lowest BCUT2D eigenvalue weighted by molar-refractivity contribution is -0.0749. The van der Waals surface area contributed by atoms with E-state index >= 15 is 0 Å². The molecule has 2 N–H and O–H groups in total. The molecule has 0 aliphatic rings. The van der Waals surface area contributed by atoms with Crippen molar-refractivity contribution >= 4 is 5.97 Å². The molecule has 5 nitrogen and oxygen atoms in total. The summed E-state index contributed by atoms with van der Waals surface area (Å²) in [6.45, 7) is 2.34. The van der Waals surface area contributed by atoms with Gasteiger partial charge < -0.3 is 19.5 Å². The largest absolute Gasteiger partial charge is 0.431 e. The first-order valence-corrected chi connectivity index (χ1v) is 10.4. The van der Waals surface area contributed by atoms with Gasteiger partial charge in [-0.2, -0.15) is 0 Å². The molecule has 0 aromatic carbocycles. The van der Waals surface area contributed by atoms with Gasteiger partial charge in [0.2, 0.25) is 6.29 Å². The molecule has 1 heterocycles. The Hall–Kier alpha value is -1.40. The number of aryl methyl sites for hydroxylation is 1. The number of rotatable bonds is 16. The first-order chi connectivity index (χ1) is 13.1. The highest BCUT2D eigenvalue weighted by Crippen LogP contribution is 2.15. The molecule has 0 radical (unpaired) electrons. The Morgan fingerprint density at radius 1 is 1.11 bits per heavy atom. The minimum atomic E-state index is -1.33. The van der Waals surface area contributed by atoms with Crippen molar-refractivity contribution in [3.05, 3.63) is 24.0 Å². The fourth-order valence-electron chi connectivity index (χ4n) is 3.07. The number of nitrogens with zero attached hydrogens (tertiary/aromatic N) is 1. The van der Waals surface area contributed by atoms with Gasteiger partial charge in [-0.1, -0.05) is 58.3 Å². The van der Waals surface area contributed by atoms with Crippen molar-refractivity contribution in [2.45, 2.75) is 96.6 Å². The molecule has 0 aliphatic carbocycles. The average Bonchev–Trinajstić information content (AvgIpc) is 3.11. The zero-order chi connectivity index (χ0) is 19.9. The van der Waals surface area contributed by atoms with E-state index in [1.165, 1.54) is 38.5 Å². The van der Waals surface area contributed by atoms with Gasteiger partial charge in [-0.05, 0) is 25.0 Å². The van der Waals surface area contributed by atoms with E-state index in [9.17, 15) is 14.3 Å². The second kappa shape index (κ2) is 14.6. The standard InChI is InChI=1S/C21H36FNO4/c1-2-3-4-5-6-7-8-9-11-18(22)13-16-23-15-10-12-19(23)21(26)27-20(25)14-17-24/h10,12,15,18,20,24-25H,2-9,11,13-14,16-17H2,1H3. The third-order valence-electron chi connectivity index (χ3n) is 4.71. The summed E-state index contributed by atoms with van der Waals surface area (Å²) >= 11 is 0. The van der Waals surface area contributed by atoms with E-state index in [0.717, 1.165) is 12.8 Å². The Kier molecular flexibility index (Phi) is 12.8. The number of ether oxygens (including phenoxy) is 1. The van der Waals surface area contributed by atoms with Gasteiger partial charge in [0, 0.05) is 25.8 Å². The van der Waals surface area contributed by atoms with Crippen LogP contribution in [0.2, 0.25) is 0 Å². The molecule has 2 atom stereocenters. The lowest BCUT2D eigenvalue weighted by Gasteiger charge is -2.14. The highest BCUT2D eigenvalue weighted by atomic mass is 19.1. The van der Waals surface area contributed by atoms with E-state index in [-0.39, 0.29) is 18.7 Å². The molecule has 6 heteroatoms. The van der Waals surface area contributed by atoms with E-state index < -0.39 is 18.4 Å². The van der Waals surface area contributed by atoms with Crippen molar-refractivity contribution in [1.29, 1.82) is 0 Å². The number of carbonyl (C=O) groups is 1. The minimum Gasteiger partial charge on any atom is -0.431 e. The van der Waals surface area contributed by atoms with Crippen LogP contribution in [0.5, 0.6) is 0 Å². The molecular formula is C21H36FNO4. The number of unbranched alkanes of at least 4 members (excludes halogenated alkanes) is 7. The molecule has 0 fully saturated rings. The number of hydrogen-bond acceptors (Lipinski definition) is 4. The number of carbonyl (C=O) groups excluding carboxylic acids is 1. The van der Waals surface area contributed by atoms with Crippen LogP contribution in [-0.2, 0) is 11.3 Å². The maximum Gasteiger partial charge on any atom is 0.357 e. The Labute approximate surface area is 162 Å². The molecule has 0 saturated heterocycles. The minimum absolute atomic E-state index is 0.0302. The smallest absolute Gasteiger partial charge is 0.357 e. The number of alkyl halides is 1. The Balaban J connectivity index is 2.22. The zero-order valence-electron chi connectivity index (χ0n) is 16.6. The summed E-state index contributed by atoms with van der Waals surface area (Å²) in [6, 6.07) is 3.28. The van der Waals surface area contributed by atoms with Crippen LogP contribution in [-0.4, -0.2) is 39.8 Å². The van der Waals surface area contributed by atoms with Gasteiger partial charge in [-0.3, -0.25) is 0 Å². The highest BCUT2D eigenvalue weighted by Gasteiger charge is 2.17. The number of aliphatic hydroxyl groups is 2. The molecule has 156 valence electrons. The number of esters is 1. The summed E-state index contributed by atoms with van der Waals surface area (Å²) in [4.78, 5) is 12.0. The summed E-state index contributed by atoms with van der Waals surface area (Å²) < 4.78 is 20.6. The third kappa shape index (κ3) is 10.5. The summed E-state index contributed by atoms with van der Waals surface area (Å²) in [5.74, 6) is -0.667. The average molecular weight is 386 g/mol. The van der Waals surface area contributed by atoms with Crippen LogP contribution < -0.4 is 0 Å². The Bertz CT molecular complexity index is 506. The molecule has 0 saturated carbocycles. The van der Waals surface area contributed by atoms with Crippen LogP contribution in [0.4, 0.5) is 4.39 Å². The molecule has 27 heavy (non-hydrogen) atoms. The van der Waals surface area contributed by atoms with Gasteiger partial charge >= 0.3 is 5.97 Å². The molecule has 0 spiro atoms. The summed E-state index contributed by atoms with van der Waals surface area (Å²) in [5, 5.41) is 18.2. The SMILES string of the molecule is CCCCCCCCCCC(F)CCn1cccc1C(=O)OC(O)CCO. The van der Waals surface area contributed by atoms with E-state index in [1.54, 1.807) is 22.9 Å². The fourth-order valence-corrected chi connectivity index (χ4v) is 3.07. The van der Waals surface area contributed by atoms with E-state index in [0.29, 0.717) is 19.4 Å². The maximum atomic E-state index is 14.1. The molecule has 1 rings (SSSR count). The Morgan fingerprint density at radius 3 is 2.44 bits per heavy atom. The second-order valence-electron chi connectivity index (χ2n) is 7.11. The first kappa shape index (κ1) is 23.6. The van der Waals surface area contributed by atoms with Crippen molar-refractivity contribution in [2.24, 2.45) is 0 Å². The summed E-state index contributed by atoms with van der Waals surface area (Å²) in [6.07, 6.45) is 9.94. The molecule has 0 bridgehead atoms. The van der Waals surface area contributed by atoms with Gasteiger partial charge in [0.25, 0.3) is 0 Å². The van der Waals surface area contributed by atoms with Crippen molar-refractivity contribution in [2.75, 3.05) is 6.61 Å². The van der Waals surface area contributed by atoms with Crippen molar-refractivity contribution < 1.29 is 24.1 Å². The second-order valence-corrected chi connectivity index (χ2v) is 7.11. The topological polar surface area (TPSA) is 71.7 Å². The van der Waals surface area contributed by atoms with Crippen molar-refractivity contribution in [3.63, 3.8) is 0 Å². The van der Waals surface area contributed by atoms with Crippen LogP contribution in [0, 0.1) is 0 Å². The predicted octanol–water partition coefficient (Wildman–Crippen LogP) is 4.60. The van der Waals surface area contributed by atoms with Crippen LogP contribution in [0.1, 0.15) is 88.0 Å². The third-order valence-corrected chi connectivity index (χ3v) is 4.71. The van der Waals surface area contributed by atoms with E-state index in [4.69, 9.17) is 9.84 Å². The highest BCUT2D eigenvalue weighted by molar-refractivity contribution is 5.87. The summed E-state index contributed by atoms with van der Waals surface area (Å²) in [7, 11) is 0. The molecule has 2 unspecified atom stereocenters. The van der Waals surface area contributed by atoms with Gasteiger partial charge in [0.15, 0.2) is 0 Å². The monoisotopic (exact) mass is 385 g/mol. The molecule has 0 amide bonds. The quantitative estimate of drug-likeness (QED) is 0.248. The lowest BCUT2D eigenvalue weighted by atomic mass is 10.1. The lowest BCUT2D eigenvalue weighted by Crippen LogP contribution is -2.21. The van der Waals surface area contributed by atoms with Gasteiger partial charge in [0.1, 0.15) is 11.9 Å². The number of halogens is 1. The van der Waals surface area contributed by atoms with Crippen LogP contribution >= 0.6 is 0 Å². The predicted molar refractivity (Wildman–Crippen MR) is 104 cm³/mol. The van der Waals surface area contributed by atoms with Crippen LogP contribution in [0.3, 0.4) is 0 Å². The van der Waals surface area contributed by atoms with Gasteiger partial charge in [-0.15, -0.1) is 0 Å². The number of aliphatic hydroxyl groups excluding tert-OH is 2. The fraction of sp³-hybridized carbons (Fsp3) is 0.762. The normalized spacial score (nSPS) is 13.5. The van der Waals surface area contributed by atoms with Crippen LogP contribution in [0.25, 0.3) is 0 Å². The van der Waals surface area contributed by atoms with Crippen molar-refractivity contribution in [1.82, 2.24) is 4.57 Å². The molecule has 1 aromatic rings. The number of aromatic nitrogens is 1. The van der Waals surface area contributed by atoms with Gasteiger partial charge in [-0.25, -0.2) is 9.18 Å². The summed E-state index contributed by atoms with van der Waals surface area (Å²) in [5.41, 5.74) is 0.284. The maximum absolute atomic E-state index is 14.1.